The van der Waals surface area contributed by atoms with Gasteiger partial charge >= 0.3 is 0 Å². The predicted molar refractivity (Wildman–Crippen MR) is 68.6 cm³/mol. The average molecular weight is 264 g/mol. The minimum Gasteiger partial charge on any atom is -0.393 e. The number of aliphatic hydroxyl groups is 1. The molecule has 5 nitrogen and oxygen atoms in total. The number of hydrogen-bond acceptors (Lipinski definition) is 5. The molecule has 2 atom stereocenters. The molecular formula is C11H24N2O3S. The van der Waals surface area contributed by atoms with Gasteiger partial charge in [-0.1, -0.05) is 0 Å². The molecule has 0 aromatic carbocycles. The first-order valence-electron chi connectivity index (χ1n) is 6.15. The molecule has 0 aromatic heterocycles. The minimum absolute atomic E-state index is 0.138. The molecule has 0 bridgehead atoms. The van der Waals surface area contributed by atoms with Gasteiger partial charge in [0.2, 0.25) is 0 Å². The maximum absolute atomic E-state index is 11.4. The van der Waals surface area contributed by atoms with Crippen LogP contribution in [0.5, 0.6) is 0 Å². The number of aliphatic hydroxyl groups excluding tert-OH is 1. The Morgan fingerprint density at radius 1 is 1.35 bits per heavy atom. The van der Waals surface area contributed by atoms with Crippen molar-refractivity contribution >= 4 is 9.84 Å². The lowest BCUT2D eigenvalue weighted by atomic mass is 9.90. The fraction of sp³-hybridized carbons (Fsp3) is 1.00. The largest absolute Gasteiger partial charge is 0.393 e. The van der Waals surface area contributed by atoms with Crippen molar-refractivity contribution in [3.63, 3.8) is 0 Å². The zero-order chi connectivity index (χ0) is 13.1. The highest BCUT2D eigenvalue weighted by Crippen LogP contribution is 2.24. The van der Waals surface area contributed by atoms with Crippen LogP contribution in [0, 0.1) is 0 Å². The Bertz CT molecular complexity index is 327. The lowest BCUT2D eigenvalue weighted by Gasteiger charge is -2.39. The van der Waals surface area contributed by atoms with Crippen LogP contribution in [0.25, 0.3) is 0 Å². The van der Waals surface area contributed by atoms with Gasteiger partial charge in [-0.3, -0.25) is 0 Å². The van der Waals surface area contributed by atoms with E-state index >= 15 is 0 Å². The second-order valence-corrected chi connectivity index (χ2v) is 7.57. The Hall–Kier alpha value is -0.170. The Kier molecular flexibility index (Phi) is 4.95. The van der Waals surface area contributed by atoms with Crippen molar-refractivity contribution in [3.8, 4) is 0 Å². The highest BCUT2D eigenvalue weighted by Gasteiger charge is 2.36. The fourth-order valence-electron chi connectivity index (χ4n) is 2.43. The first-order valence-corrected chi connectivity index (χ1v) is 7.97. The molecule has 6 heteroatoms. The first-order chi connectivity index (χ1) is 7.79. The maximum Gasteiger partial charge on any atom is 0.150 e. The van der Waals surface area contributed by atoms with Crippen LogP contribution in [-0.4, -0.2) is 49.3 Å². The molecule has 0 aromatic rings. The SMILES string of the molecule is CC(O)CC(C)NC1(CN)CCS(=O)(=O)CC1. The van der Waals surface area contributed by atoms with Gasteiger partial charge in [0.05, 0.1) is 17.6 Å². The van der Waals surface area contributed by atoms with Gasteiger partial charge in [-0.15, -0.1) is 0 Å². The van der Waals surface area contributed by atoms with Crippen molar-refractivity contribution in [1.82, 2.24) is 5.32 Å². The van der Waals surface area contributed by atoms with Crippen molar-refractivity contribution < 1.29 is 13.5 Å². The maximum atomic E-state index is 11.4. The van der Waals surface area contributed by atoms with Crippen LogP contribution < -0.4 is 11.1 Å². The molecule has 1 fully saturated rings. The summed E-state index contributed by atoms with van der Waals surface area (Å²) in [6.45, 7) is 4.18. The van der Waals surface area contributed by atoms with Gasteiger partial charge in [0, 0.05) is 18.1 Å². The van der Waals surface area contributed by atoms with E-state index in [2.05, 4.69) is 5.32 Å². The molecule has 1 heterocycles. The van der Waals surface area contributed by atoms with Gasteiger partial charge < -0.3 is 16.2 Å². The summed E-state index contributed by atoms with van der Waals surface area (Å²) in [5.41, 5.74) is 5.51. The van der Waals surface area contributed by atoms with Gasteiger partial charge in [-0.25, -0.2) is 8.42 Å². The summed E-state index contributed by atoms with van der Waals surface area (Å²) in [5, 5.41) is 12.7. The van der Waals surface area contributed by atoms with Crippen molar-refractivity contribution in [1.29, 1.82) is 0 Å². The molecule has 0 saturated carbocycles. The molecule has 2 unspecified atom stereocenters. The molecule has 1 aliphatic heterocycles. The number of rotatable bonds is 5. The fourth-order valence-corrected chi connectivity index (χ4v) is 4.04. The average Bonchev–Trinajstić information content (AvgIpc) is 2.21. The van der Waals surface area contributed by atoms with Crippen LogP contribution in [0.4, 0.5) is 0 Å². The third kappa shape index (κ3) is 4.54. The summed E-state index contributed by atoms with van der Waals surface area (Å²) in [6, 6.07) is 0.138. The van der Waals surface area contributed by atoms with E-state index in [1.807, 2.05) is 6.92 Å². The lowest BCUT2D eigenvalue weighted by Crippen LogP contribution is -2.58. The summed E-state index contributed by atoms with van der Waals surface area (Å²) >= 11 is 0. The van der Waals surface area contributed by atoms with E-state index in [9.17, 15) is 13.5 Å². The highest BCUT2D eigenvalue weighted by atomic mass is 32.2. The van der Waals surface area contributed by atoms with Crippen LogP contribution >= 0.6 is 0 Å². The van der Waals surface area contributed by atoms with Crippen LogP contribution in [-0.2, 0) is 9.84 Å². The Balaban J connectivity index is 2.59. The molecule has 0 spiro atoms. The Labute approximate surface area is 104 Å². The topological polar surface area (TPSA) is 92.4 Å². The first kappa shape index (κ1) is 14.9. The van der Waals surface area contributed by atoms with Crippen LogP contribution in [0.15, 0.2) is 0 Å². The molecule has 1 rings (SSSR count). The second-order valence-electron chi connectivity index (χ2n) is 5.27. The normalized spacial score (nSPS) is 26.4. The third-order valence-electron chi connectivity index (χ3n) is 3.42. The van der Waals surface area contributed by atoms with E-state index in [1.54, 1.807) is 6.92 Å². The van der Waals surface area contributed by atoms with Crippen molar-refractivity contribution in [2.75, 3.05) is 18.1 Å². The smallest absolute Gasteiger partial charge is 0.150 e. The van der Waals surface area contributed by atoms with E-state index in [0.29, 0.717) is 25.8 Å². The monoisotopic (exact) mass is 264 g/mol. The van der Waals surface area contributed by atoms with Gasteiger partial charge in [-0.05, 0) is 33.1 Å². The summed E-state index contributed by atoms with van der Waals surface area (Å²) in [4.78, 5) is 0. The zero-order valence-electron chi connectivity index (χ0n) is 10.6. The van der Waals surface area contributed by atoms with Gasteiger partial charge in [-0.2, -0.15) is 0 Å². The zero-order valence-corrected chi connectivity index (χ0v) is 11.5. The number of nitrogens with one attached hydrogen (secondary N) is 1. The van der Waals surface area contributed by atoms with E-state index in [-0.39, 0.29) is 29.2 Å². The van der Waals surface area contributed by atoms with Gasteiger partial charge in [0.1, 0.15) is 9.84 Å². The molecule has 17 heavy (non-hydrogen) atoms. The minimum atomic E-state index is -2.87. The predicted octanol–water partition coefficient (Wildman–Crippen LogP) is -0.358. The quantitative estimate of drug-likeness (QED) is 0.631. The van der Waals surface area contributed by atoms with Crippen molar-refractivity contribution in [3.05, 3.63) is 0 Å². The Morgan fingerprint density at radius 2 is 1.88 bits per heavy atom. The number of hydrogen-bond donors (Lipinski definition) is 3. The Morgan fingerprint density at radius 3 is 2.29 bits per heavy atom. The van der Waals surface area contributed by atoms with Crippen LogP contribution in [0.3, 0.4) is 0 Å². The van der Waals surface area contributed by atoms with Gasteiger partial charge in [0.15, 0.2) is 0 Å². The summed E-state index contributed by atoms with van der Waals surface area (Å²) < 4.78 is 22.8. The third-order valence-corrected chi connectivity index (χ3v) is 5.07. The van der Waals surface area contributed by atoms with E-state index in [1.165, 1.54) is 0 Å². The standard InChI is InChI=1S/C11H24N2O3S/c1-9(7-10(2)14)13-11(8-12)3-5-17(15,16)6-4-11/h9-10,13-14H,3-8,12H2,1-2H3. The van der Waals surface area contributed by atoms with E-state index < -0.39 is 9.84 Å². The number of sulfone groups is 1. The second kappa shape index (κ2) is 5.65. The van der Waals surface area contributed by atoms with Crippen molar-refractivity contribution in [2.45, 2.75) is 50.8 Å². The van der Waals surface area contributed by atoms with Crippen LogP contribution in [0.2, 0.25) is 0 Å². The summed E-state index contributed by atoms with van der Waals surface area (Å²) in [7, 11) is -2.87. The molecule has 102 valence electrons. The lowest BCUT2D eigenvalue weighted by molar-refractivity contribution is 0.156. The molecule has 1 aliphatic rings. The molecule has 0 amide bonds. The number of nitrogens with two attached hydrogens (primary N) is 1. The highest BCUT2D eigenvalue weighted by molar-refractivity contribution is 7.91. The van der Waals surface area contributed by atoms with Crippen LogP contribution in [0.1, 0.15) is 33.1 Å². The van der Waals surface area contributed by atoms with E-state index in [4.69, 9.17) is 5.73 Å². The van der Waals surface area contributed by atoms with Crippen molar-refractivity contribution in [2.24, 2.45) is 5.73 Å². The molecule has 4 N–H and O–H groups in total. The summed E-state index contributed by atoms with van der Waals surface area (Å²) in [5.74, 6) is 0.414. The molecular weight excluding hydrogens is 240 g/mol. The molecule has 0 radical (unpaired) electrons. The molecule has 0 aliphatic carbocycles. The van der Waals surface area contributed by atoms with Gasteiger partial charge in [0.25, 0.3) is 0 Å². The molecule has 1 saturated heterocycles. The summed E-state index contributed by atoms with van der Waals surface area (Å²) in [6.07, 6.45) is 1.42. The van der Waals surface area contributed by atoms with E-state index in [0.717, 1.165) is 0 Å².